The second kappa shape index (κ2) is 4.30. The van der Waals surface area contributed by atoms with Crippen LogP contribution in [-0.2, 0) is 13.0 Å². The summed E-state index contributed by atoms with van der Waals surface area (Å²) in [5.41, 5.74) is 7.35. The number of anilines is 1. The van der Waals surface area contributed by atoms with E-state index in [1.54, 1.807) is 28.3 Å². The zero-order valence-corrected chi connectivity index (χ0v) is 10.4. The largest absolute Gasteiger partial charge is 0.385 e. The van der Waals surface area contributed by atoms with Gasteiger partial charge in [-0.15, -0.1) is 0 Å². The maximum Gasteiger partial charge on any atom is 0.262 e. The van der Waals surface area contributed by atoms with Crippen LogP contribution in [0, 0.1) is 0 Å². The number of nitrogens with two attached hydrogens (primary N) is 1. The zero-order valence-electron chi connectivity index (χ0n) is 9.59. The topological polar surface area (TPSA) is 76.7 Å². The molecule has 0 spiro atoms. The molecule has 0 aromatic carbocycles. The van der Waals surface area contributed by atoms with Gasteiger partial charge in [0.25, 0.3) is 5.56 Å². The minimum Gasteiger partial charge on any atom is -0.385 e. The molecule has 3 N–H and O–H groups in total. The van der Waals surface area contributed by atoms with Gasteiger partial charge in [0.2, 0.25) is 0 Å². The molecule has 0 amide bonds. The van der Waals surface area contributed by atoms with Crippen molar-refractivity contribution in [1.82, 2.24) is 14.5 Å². The molecule has 0 fully saturated rings. The maximum absolute atomic E-state index is 12.2. The second-order valence-corrected chi connectivity index (χ2v) is 4.89. The van der Waals surface area contributed by atoms with Gasteiger partial charge in [-0.05, 0) is 34.9 Å². The molecule has 0 bridgehead atoms. The number of nitrogen functional groups attached to an aromatic ring is 1. The van der Waals surface area contributed by atoms with Crippen LogP contribution in [0.1, 0.15) is 5.56 Å². The van der Waals surface area contributed by atoms with Crippen molar-refractivity contribution in [2.24, 2.45) is 0 Å². The third-order valence-electron chi connectivity index (χ3n) is 2.86. The Bertz CT molecular complexity index is 726. The van der Waals surface area contributed by atoms with E-state index in [2.05, 4.69) is 21.4 Å². The average Bonchev–Trinajstić information content (AvgIpc) is 2.97. The van der Waals surface area contributed by atoms with Crippen LogP contribution in [-0.4, -0.2) is 14.5 Å². The van der Waals surface area contributed by atoms with E-state index in [9.17, 15) is 4.79 Å². The quantitative estimate of drug-likeness (QED) is 0.751. The molecule has 5 nitrogen and oxygen atoms in total. The predicted octanol–water partition coefficient (Wildman–Crippen LogP) is 1.61. The number of H-pyrrole nitrogens is 1. The van der Waals surface area contributed by atoms with Crippen LogP contribution in [0.2, 0.25) is 0 Å². The molecule has 6 heteroatoms. The van der Waals surface area contributed by atoms with Gasteiger partial charge in [0.1, 0.15) is 11.5 Å². The molecule has 0 saturated carbocycles. The van der Waals surface area contributed by atoms with E-state index >= 15 is 0 Å². The SMILES string of the molecule is Nc1cc2c(=O)n(CCc3ccsc3)cnc2[nH]1. The molecular weight excluding hydrogens is 248 g/mol. The van der Waals surface area contributed by atoms with Crippen LogP contribution in [0.25, 0.3) is 11.0 Å². The summed E-state index contributed by atoms with van der Waals surface area (Å²) in [6, 6.07) is 3.70. The highest BCUT2D eigenvalue weighted by Crippen LogP contribution is 2.10. The number of nitrogens with zero attached hydrogens (tertiary/aromatic N) is 2. The van der Waals surface area contributed by atoms with Gasteiger partial charge in [0.15, 0.2) is 0 Å². The number of rotatable bonds is 3. The van der Waals surface area contributed by atoms with Gasteiger partial charge in [-0.25, -0.2) is 4.98 Å². The minimum absolute atomic E-state index is 0.0526. The molecule has 18 heavy (non-hydrogen) atoms. The van der Waals surface area contributed by atoms with E-state index in [-0.39, 0.29) is 5.56 Å². The molecule has 3 rings (SSSR count). The van der Waals surface area contributed by atoms with Gasteiger partial charge >= 0.3 is 0 Å². The summed E-state index contributed by atoms with van der Waals surface area (Å²) in [7, 11) is 0. The van der Waals surface area contributed by atoms with Gasteiger partial charge in [0, 0.05) is 6.54 Å². The van der Waals surface area contributed by atoms with Gasteiger partial charge in [0.05, 0.1) is 11.7 Å². The zero-order chi connectivity index (χ0) is 12.5. The number of nitrogens with one attached hydrogen (secondary N) is 1. The average molecular weight is 260 g/mol. The van der Waals surface area contributed by atoms with Crippen molar-refractivity contribution < 1.29 is 0 Å². The fourth-order valence-corrected chi connectivity index (χ4v) is 2.61. The van der Waals surface area contributed by atoms with E-state index < -0.39 is 0 Å². The second-order valence-electron chi connectivity index (χ2n) is 4.11. The van der Waals surface area contributed by atoms with Crippen molar-refractivity contribution in [3.8, 4) is 0 Å². The van der Waals surface area contributed by atoms with Crippen molar-refractivity contribution >= 4 is 28.2 Å². The van der Waals surface area contributed by atoms with Gasteiger partial charge in [-0.1, -0.05) is 0 Å². The third kappa shape index (κ3) is 1.91. The number of thiophene rings is 1. The third-order valence-corrected chi connectivity index (χ3v) is 3.59. The molecule has 0 atom stereocenters. The molecular formula is C12H12N4OS. The van der Waals surface area contributed by atoms with Crippen molar-refractivity contribution in [1.29, 1.82) is 0 Å². The highest BCUT2D eigenvalue weighted by molar-refractivity contribution is 7.07. The fraction of sp³-hybridized carbons (Fsp3) is 0.167. The van der Waals surface area contributed by atoms with Crippen molar-refractivity contribution in [2.75, 3.05) is 5.73 Å². The first-order valence-electron chi connectivity index (χ1n) is 5.59. The van der Waals surface area contributed by atoms with Gasteiger partial charge < -0.3 is 10.7 Å². The number of aromatic nitrogens is 3. The lowest BCUT2D eigenvalue weighted by Gasteiger charge is -2.03. The lowest BCUT2D eigenvalue weighted by Crippen LogP contribution is -2.21. The highest BCUT2D eigenvalue weighted by Gasteiger charge is 2.06. The molecule has 3 heterocycles. The summed E-state index contributed by atoms with van der Waals surface area (Å²) in [6.45, 7) is 0.629. The number of hydrogen-bond donors (Lipinski definition) is 2. The van der Waals surface area contributed by atoms with Crippen LogP contribution in [0.4, 0.5) is 5.82 Å². The molecule has 0 aliphatic heterocycles. The van der Waals surface area contributed by atoms with Crippen molar-refractivity contribution in [3.05, 3.63) is 45.1 Å². The Morgan fingerprint density at radius 1 is 1.50 bits per heavy atom. The molecule has 3 aromatic rings. The molecule has 0 aliphatic carbocycles. The highest BCUT2D eigenvalue weighted by atomic mass is 32.1. The van der Waals surface area contributed by atoms with E-state index in [0.29, 0.717) is 23.4 Å². The Labute approximate surface area is 107 Å². The number of hydrogen-bond acceptors (Lipinski definition) is 4. The van der Waals surface area contributed by atoms with Crippen LogP contribution in [0.15, 0.2) is 34.0 Å². The van der Waals surface area contributed by atoms with E-state index in [1.807, 2.05) is 5.38 Å². The predicted molar refractivity (Wildman–Crippen MR) is 72.8 cm³/mol. The Hall–Kier alpha value is -2.08. The standard InChI is InChI=1S/C12H12N4OS/c13-10-5-9-11(15-10)14-7-16(12(9)17)3-1-8-2-4-18-6-8/h2,4-7,15H,1,3,13H2. The van der Waals surface area contributed by atoms with E-state index in [1.165, 1.54) is 5.56 Å². The normalized spacial score (nSPS) is 11.1. The van der Waals surface area contributed by atoms with Crippen LogP contribution in [0.5, 0.6) is 0 Å². The van der Waals surface area contributed by atoms with Crippen molar-refractivity contribution in [2.45, 2.75) is 13.0 Å². The first-order valence-corrected chi connectivity index (χ1v) is 6.53. The molecule has 0 aliphatic rings. The molecule has 0 unspecified atom stereocenters. The van der Waals surface area contributed by atoms with Crippen LogP contribution < -0.4 is 11.3 Å². The lowest BCUT2D eigenvalue weighted by molar-refractivity contribution is 0.663. The van der Waals surface area contributed by atoms with Crippen LogP contribution >= 0.6 is 11.3 Å². The van der Waals surface area contributed by atoms with E-state index in [0.717, 1.165) is 6.42 Å². The minimum atomic E-state index is -0.0526. The Morgan fingerprint density at radius 3 is 3.17 bits per heavy atom. The monoisotopic (exact) mass is 260 g/mol. The summed E-state index contributed by atoms with van der Waals surface area (Å²) in [4.78, 5) is 19.2. The summed E-state index contributed by atoms with van der Waals surface area (Å²) in [6.07, 6.45) is 2.39. The van der Waals surface area contributed by atoms with Gasteiger partial charge in [-0.3, -0.25) is 9.36 Å². The Balaban J connectivity index is 1.92. The van der Waals surface area contributed by atoms with Gasteiger partial charge in [-0.2, -0.15) is 11.3 Å². The summed E-state index contributed by atoms with van der Waals surface area (Å²) in [5.74, 6) is 0.463. The smallest absolute Gasteiger partial charge is 0.262 e. The Kier molecular flexibility index (Phi) is 2.64. The molecule has 92 valence electrons. The molecule has 3 aromatic heterocycles. The summed E-state index contributed by atoms with van der Waals surface area (Å²) >= 11 is 1.66. The Morgan fingerprint density at radius 2 is 2.39 bits per heavy atom. The number of fused-ring (bicyclic) bond motifs is 1. The first kappa shape index (κ1) is 11.0. The van der Waals surface area contributed by atoms with E-state index in [4.69, 9.17) is 5.73 Å². The van der Waals surface area contributed by atoms with Crippen molar-refractivity contribution in [3.63, 3.8) is 0 Å². The van der Waals surface area contributed by atoms with Crippen LogP contribution in [0.3, 0.4) is 0 Å². The first-order chi connectivity index (χ1) is 8.74. The number of aromatic amines is 1. The summed E-state index contributed by atoms with van der Waals surface area (Å²) < 4.78 is 1.62. The fourth-order valence-electron chi connectivity index (χ4n) is 1.91. The molecule has 0 saturated heterocycles. The number of aryl methyl sites for hydroxylation is 2. The maximum atomic E-state index is 12.2. The lowest BCUT2D eigenvalue weighted by atomic mass is 10.2. The summed E-state index contributed by atoms with van der Waals surface area (Å²) in [5, 5.41) is 4.66. The molecule has 0 radical (unpaired) electrons.